The van der Waals surface area contributed by atoms with Gasteiger partial charge in [0, 0.05) is 11.1 Å². The lowest BCUT2D eigenvalue weighted by Gasteiger charge is -2.17. The van der Waals surface area contributed by atoms with Crippen LogP contribution in [0.5, 0.6) is 23.0 Å². The topological polar surface area (TPSA) is 47.9 Å². The highest BCUT2D eigenvalue weighted by Crippen LogP contribution is 2.46. The number of aromatic hydroxyl groups is 1. The number of hydrogen-bond donors (Lipinski definition) is 1. The molecule has 0 spiro atoms. The van der Waals surface area contributed by atoms with E-state index in [1.165, 1.54) is 0 Å². The van der Waals surface area contributed by atoms with Crippen molar-refractivity contribution in [3.8, 4) is 34.1 Å². The monoisotopic (exact) mass is 512 g/mol. The van der Waals surface area contributed by atoms with Crippen LogP contribution < -0.4 is 14.2 Å². The lowest BCUT2D eigenvalue weighted by atomic mass is 9.92. The van der Waals surface area contributed by atoms with Gasteiger partial charge in [0.2, 0.25) is 0 Å². The third-order valence-corrected chi connectivity index (χ3v) is 6.89. The standard InChI is InChI=1S/C35H28O4/c1-37-33-19-15-27-13-17-29(39-23-25-10-6-3-7-11-25)21-31(27)35(33)34-30-20-28(16-12-26(30)14-18-32(34)36)38-22-24-8-4-2-5-9-24/h2-21,36H,22-23H2,1H3. The van der Waals surface area contributed by atoms with Gasteiger partial charge in [0.1, 0.15) is 36.2 Å². The summed E-state index contributed by atoms with van der Waals surface area (Å²) in [5.41, 5.74) is 3.69. The van der Waals surface area contributed by atoms with Gasteiger partial charge in [-0.1, -0.05) is 84.9 Å². The maximum atomic E-state index is 11.2. The molecule has 0 saturated heterocycles. The van der Waals surface area contributed by atoms with Crippen molar-refractivity contribution in [2.75, 3.05) is 7.11 Å². The van der Waals surface area contributed by atoms with E-state index in [4.69, 9.17) is 14.2 Å². The van der Waals surface area contributed by atoms with Crippen LogP contribution in [-0.4, -0.2) is 12.2 Å². The molecule has 0 aliphatic carbocycles. The number of phenols is 1. The van der Waals surface area contributed by atoms with Crippen LogP contribution in [0.1, 0.15) is 11.1 Å². The molecular weight excluding hydrogens is 484 g/mol. The molecule has 0 amide bonds. The van der Waals surface area contributed by atoms with Crippen molar-refractivity contribution in [1.29, 1.82) is 0 Å². The summed E-state index contributed by atoms with van der Waals surface area (Å²) in [6, 6.07) is 39.8. The number of methoxy groups -OCH3 is 1. The second kappa shape index (κ2) is 10.8. The van der Waals surface area contributed by atoms with Crippen LogP contribution >= 0.6 is 0 Å². The van der Waals surface area contributed by atoms with Crippen molar-refractivity contribution < 1.29 is 19.3 Å². The fourth-order valence-corrected chi connectivity index (χ4v) is 4.92. The van der Waals surface area contributed by atoms with Crippen molar-refractivity contribution in [2.24, 2.45) is 0 Å². The highest BCUT2D eigenvalue weighted by Gasteiger charge is 2.19. The molecule has 192 valence electrons. The molecule has 0 atom stereocenters. The van der Waals surface area contributed by atoms with E-state index in [2.05, 4.69) is 0 Å². The average molecular weight is 513 g/mol. The summed E-state index contributed by atoms with van der Waals surface area (Å²) in [6.45, 7) is 0.924. The zero-order valence-corrected chi connectivity index (χ0v) is 21.6. The summed E-state index contributed by atoms with van der Waals surface area (Å²) in [6.07, 6.45) is 0. The first-order valence-electron chi connectivity index (χ1n) is 12.9. The Hall–Kier alpha value is -4.96. The molecule has 6 aromatic carbocycles. The van der Waals surface area contributed by atoms with Gasteiger partial charge < -0.3 is 19.3 Å². The highest BCUT2D eigenvalue weighted by molar-refractivity contribution is 6.10. The van der Waals surface area contributed by atoms with Crippen LogP contribution in [0.3, 0.4) is 0 Å². The average Bonchev–Trinajstić information content (AvgIpc) is 2.99. The smallest absolute Gasteiger partial charge is 0.127 e. The van der Waals surface area contributed by atoms with E-state index in [9.17, 15) is 5.11 Å². The van der Waals surface area contributed by atoms with Gasteiger partial charge in [-0.15, -0.1) is 0 Å². The normalized spacial score (nSPS) is 11.0. The number of rotatable bonds is 8. The molecule has 0 heterocycles. The van der Waals surface area contributed by atoms with Gasteiger partial charge in [-0.3, -0.25) is 0 Å². The van der Waals surface area contributed by atoms with Gasteiger partial charge >= 0.3 is 0 Å². The predicted octanol–water partition coefficient (Wildman–Crippen LogP) is 8.53. The van der Waals surface area contributed by atoms with E-state index in [0.29, 0.717) is 24.5 Å². The van der Waals surface area contributed by atoms with Crippen LogP contribution in [0.15, 0.2) is 121 Å². The maximum Gasteiger partial charge on any atom is 0.127 e. The van der Waals surface area contributed by atoms with E-state index in [0.717, 1.165) is 49.7 Å². The van der Waals surface area contributed by atoms with E-state index >= 15 is 0 Å². The quantitative estimate of drug-likeness (QED) is 0.222. The van der Waals surface area contributed by atoms with Crippen molar-refractivity contribution in [3.05, 3.63) is 132 Å². The molecule has 4 heteroatoms. The van der Waals surface area contributed by atoms with Gasteiger partial charge in [0.05, 0.1) is 7.11 Å². The van der Waals surface area contributed by atoms with Gasteiger partial charge in [0.15, 0.2) is 0 Å². The van der Waals surface area contributed by atoms with Crippen molar-refractivity contribution >= 4 is 21.5 Å². The maximum absolute atomic E-state index is 11.2. The molecular formula is C35H28O4. The Morgan fingerprint density at radius 3 is 1.56 bits per heavy atom. The van der Waals surface area contributed by atoms with E-state index in [1.54, 1.807) is 13.2 Å². The molecule has 39 heavy (non-hydrogen) atoms. The van der Waals surface area contributed by atoms with Gasteiger partial charge in [-0.25, -0.2) is 0 Å². The molecule has 0 aliphatic heterocycles. The Balaban J connectivity index is 1.45. The number of phenolic OH excluding ortho intramolecular Hbond substituents is 1. The second-order valence-electron chi connectivity index (χ2n) is 9.42. The molecule has 0 radical (unpaired) electrons. The Kier molecular flexibility index (Phi) is 6.75. The van der Waals surface area contributed by atoms with Crippen LogP contribution in [-0.2, 0) is 13.2 Å². The lowest BCUT2D eigenvalue weighted by Crippen LogP contribution is -1.97. The van der Waals surface area contributed by atoms with Crippen molar-refractivity contribution in [3.63, 3.8) is 0 Å². The molecule has 0 saturated carbocycles. The van der Waals surface area contributed by atoms with Crippen molar-refractivity contribution in [2.45, 2.75) is 13.2 Å². The Bertz CT molecular complexity index is 1740. The van der Waals surface area contributed by atoms with E-state index < -0.39 is 0 Å². The first-order valence-corrected chi connectivity index (χ1v) is 12.9. The highest BCUT2D eigenvalue weighted by atomic mass is 16.5. The molecule has 0 unspecified atom stereocenters. The first-order chi connectivity index (χ1) is 19.2. The first kappa shape index (κ1) is 24.4. The largest absolute Gasteiger partial charge is 0.507 e. The SMILES string of the molecule is COc1ccc2ccc(OCc3ccccc3)cc2c1-c1c(O)ccc2ccc(OCc3ccccc3)cc12. The third-order valence-electron chi connectivity index (χ3n) is 6.89. The minimum Gasteiger partial charge on any atom is -0.507 e. The minimum atomic E-state index is 0.170. The third kappa shape index (κ3) is 5.10. The molecule has 0 bridgehead atoms. The second-order valence-corrected chi connectivity index (χ2v) is 9.42. The predicted molar refractivity (Wildman–Crippen MR) is 157 cm³/mol. The van der Waals surface area contributed by atoms with Crippen LogP contribution in [0.2, 0.25) is 0 Å². The number of ether oxygens (including phenoxy) is 3. The molecule has 0 aromatic heterocycles. The number of fused-ring (bicyclic) bond motifs is 2. The molecule has 1 N–H and O–H groups in total. The summed E-state index contributed by atoms with van der Waals surface area (Å²) in [7, 11) is 1.65. The van der Waals surface area contributed by atoms with E-state index in [1.807, 2.05) is 115 Å². The number of benzene rings is 6. The van der Waals surface area contributed by atoms with Gasteiger partial charge in [0.25, 0.3) is 0 Å². The molecule has 6 rings (SSSR count). The van der Waals surface area contributed by atoms with Crippen LogP contribution in [0, 0.1) is 0 Å². The molecule has 6 aromatic rings. The Labute approximate surface area is 227 Å². The Morgan fingerprint density at radius 2 is 1.03 bits per heavy atom. The molecule has 4 nitrogen and oxygen atoms in total. The fraction of sp³-hybridized carbons (Fsp3) is 0.0857. The van der Waals surface area contributed by atoms with E-state index in [-0.39, 0.29) is 5.75 Å². The Morgan fingerprint density at radius 1 is 0.538 bits per heavy atom. The van der Waals surface area contributed by atoms with Crippen molar-refractivity contribution in [1.82, 2.24) is 0 Å². The summed E-state index contributed by atoms with van der Waals surface area (Å²) in [5, 5.41) is 15.1. The fourth-order valence-electron chi connectivity index (χ4n) is 4.92. The zero-order valence-electron chi connectivity index (χ0n) is 21.6. The van der Waals surface area contributed by atoms with Crippen LogP contribution in [0.25, 0.3) is 32.7 Å². The molecule has 0 fully saturated rings. The van der Waals surface area contributed by atoms with Crippen LogP contribution in [0.4, 0.5) is 0 Å². The molecule has 0 aliphatic rings. The minimum absolute atomic E-state index is 0.170. The zero-order chi connectivity index (χ0) is 26.6. The van der Waals surface area contributed by atoms with Gasteiger partial charge in [-0.2, -0.15) is 0 Å². The number of hydrogen-bond acceptors (Lipinski definition) is 4. The summed E-state index contributed by atoms with van der Waals surface area (Å²) < 4.78 is 18.1. The van der Waals surface area contributed by atoms with Gasteiger partial charge in [-0.05, 0) is 69.1 Å². The summed E-state index contributed by atoms with van der Waals surface area (Å²) in [5.74, 6) is 2.31. The summed E-state index contributed by atoms with van der Waals surface area (Å²) >= 11 is 0. The lowest BCUT2D eigenvalue weighted by molar-refractivity contribution is 0.306. The summed E-state index contributed by atoms with van der Waals surface area (Å²) in [4.78, 5) is 0.